The second kappa shape index (κ2) is 39.0. The van der Waals surface area contributed by atoms with Gasteiger partial charge in [0.25, 0.3) is 0 Å². The average molecular weight is 1640 g/mol. The van der Waals surface area contributed by atoms with Gasteiger partial charge in [-0.2, -0.15) is 44.9 Å². The Labute approximate surface area is 710 Å². The summed E-state index contributed by atoms with van der Waals surface area (Å²) >= 11 is 0. The Balaban J connectivity index is 0.0000174. The average Bonchev–Trinajstić information content (AvgIpc) is 0.773. The van der Waals surface area contributed by atoms with Gasteiger partial charge in [-0.3, -0.25) is 24.5 Å². The molecular weight excluding hydrogens is 1470 g/mol. The van der Waals surface area contributed by atoms with Gasteiger partial charge < -0.3 is 45.3 Å². The molecule has 0 atom stereocenters. The summed E-state index contributed by atoms with van der Waals surface area (Å²) in [7, 11) is 11.5. The summed E-state index contributed by atoms with van der Waals surface area (Å²) in [5.41, 5.74) is -0.0841. The van der Waals surface area contributed by atoms with Gasteiger partial charge in [0.1, 0.15) is 5.82 Å². The predicted octanol–water partition coefficient (Wildman–Crippen LogP) is 17.0. The van der Waals surface area contributed by atoms with Gasteiger partial charge in [0.2, 0.25) is 47.6 Å². The Morgan fingerprint density at radius 3 is 0.768 bits per heavy atom. The molecule has 0 bridgehead atoms. The first-order chi connectivity index (χ1) is 51.7. The van der Waals surface area contributed by atoms with Crippen LogP contribution in [-0.2, 0) is 32.7 Å². The van der Waals surface area contributed by atoms with Crippen LogP contribution in [0.2, 0.25) is 0 Å². The summed E-state index contributed by atoms with van der Waals surface area (Å²) in [5.74, 6) is 6.70. The van der Waals surface area contributed by atoms with Crippen molar-refractivity contribution >= 4 is 47.6 Å². The van der Waals surface area contributed by atoms with Crippen molar-refractivity contribution in [2.24, 2.45) is 0 Å². The smallest absolute Gasteiger partial charge is 0.232 e. The number of likely N-dealkylation sites (tertiary alicyclic amines) is 5. The first kappa shape index (κ1) is 95.4. The Morgan fingerprint density at radius 2 is 0.518 bits per heavy atom. The number of aromatic nitrogens is 9. The number of hydrogen-bond acceptors (Lipinski definition) is 22. The SMILES string of the molecule is CCCCN(c1nc(C)nc(N(CCCNc2nc(N(CCCC)C3CC(C)(C)N(C)C(C)(C)C3)nc(N(CCCC)C3CC(C)(C)N(C)C(C)(C)C3)n2)CC[N-]CCCNc2nc(N(CCCC)C3CC(C)(C)N(C)C(C)(C)C3)nc(N(CCCC)C3CC(C)(C)N(C)C(C)(C)C3)n2)n1)C1CC(C)(C)N(C)C(C)(C)C1.[Y]. The van der Waals surface area contributed by atoms with Gasteiger partial charge in [-0.15, -0.1) is 13.1 Å². The molecule has 8 heterocycles. The zero-order valence-electron chi connectivity index (χ0n) is 77.7. The van der Waals surface area contributed by atoms with Crippen molar-refractivity contribution in [1.82, 2.24) is 69.4 Å². The van der Waals surface area contributed by atoms with Gasteiger partial charge in [0.15, 0.2) is 0 Å². The minimum absolute atomic E-state index is 0. The van der Waals surface area contributed by atoms with Crippen LogP contribution in [0.5, 0.6) is 0 Å². The molecule has 5 aliphatic heterocycles. The minimum Gasteiger partial charge on any atom is -0.661 e. The second-order valence-corrected chi connectivity index (χ2v) is 41.2. The normalized spacial score (nSPS) is 22.1. The number of hydrogen-bond donors (Lipinski definition) is 2. The topological polar surface area (TPSA) is 190 Å². The molecule has 5 saturated heterocycles. The molecule has 112 heavy (non-hydrogen) atoms. The van der Waals surface area contributed by atoms with E-state index in [2.05, 4.69) is 273 Å². The fraction of sp³-hybridized carbons (Fsp3) is 0.898. The molecule has 5 fully saturated rings. The number of piperidine rings is 5. The molecule has 0 saturated carbocycles. The third-order valence-corrected chi connectivity index (χ3v) is 28.1. The van der Waals surface area contributed by atoms with Gasteiger partial charge >= 0.3 is 0 Å². The van der Waals surface area contributed by atoms with E-state index in [4.69, 9.17) is 50.2 Å². The van der Waals surface area contributed by atoms with Gasteiger partial charge in [0, 0.05) is 177 Å². The Kier molecular flexibility index (Phi) is 33.2. The monoisotopic (exact) mass is 1630 g/mol. The summed E-state index contributed by atoms with van der Waals surface area (Å²) in [6.45, 7) is 70.2. The summed E-state index contributed by atoms with van der Waals surface area (Å²) in [6, 6.07) is 1.32. The summed E-state index contributed by atoms with van der Waals surface area (Å²) < 4.78 is 0. The van der Waals surface area contributed by atoms with Crippen LogP contribution in [0.4, 0.5) is 47.6 Å². The molecule has 637 valence electrons. The number of nitrogens with one attached hydrogen (secondary N) is 2. The Hall–Kier alpha value is -3.71. The molecule has 2 N–H and O–H groups in total. The molecule has 0 aliphatic carbocycles. The largest absolute Gasteiger partial charge is 0.661 e. The first-order valence-electron chi connectivity index (χ1n) is 44.3. The van der Waals surface area contributed by atoms with Crippen LogP contribution in [0.15, 0.2) is 0 Å². The quantitative estimate of drug-likeness (QED) is 0.0512. The molecule has 0 amide bonds. The second-order valence-electron chi connectivity index (χ2n) is 41.2. The van der Waals surface area contributed by atoms with E-state index >= 15 is 0 Å². The van der Waals surface area contributed by atoms with Crippen LogP contribution in [0.3, 0.4) is 0 Å². The van der Waals surface area contributed by atoms with Crippen LogP contribution in [0.1, 0.15) is 320 Å². The summed E-state index contributed by atoms with van der Waals surface area (Å²) in [5, 5.41) is 13.0. The van der Waals surface area contributed by atoms with Gasteiger partial charge in [-0.1, -0.05) is 73.1 Å². The van der Waals surface area contributed by atoms with E-state index in [1.165, 1.54) is 0 Å². The molecule has 0 aromatic carbocycles. The van der Waals surface area contributed by atoms with Crippen LogP contribution >= 0.6 is 0 Å². The fourth-order valence-corrected chi connectivity index (χ4v) is 20.1. The molecule has 5 aliphatic rings. The Bertz CT molecular complexity index is 3150. The molecule has 1 radical (unpaired) electrons. The van der Waals surface area contributed by atoms with Crippen molar-refractivity contribution in [3.8, 4) is 0 Å². The number of nitrogens with zero attached hydrogens (tertiary/aromatic N) is 21. The molecule has 0 unspecified atom stereocenters. The van der Waals surface area contributed by atoms with Crippen molar-refractivity contribution in [2.45, 2.75) is 407 Å². The molecule has 0 spiro atoms. The van der Waals surface area contributed by atoms with E-state index in [-0.39, 0.29) is 118 Å². The maximum Gasteiger partial charge on any atom is 0.232 e. The standard InChI is InChI=1S/C88H166N23.Y/c1-32-37-49-107(66-55-79(7,8)101(27)80(9,10)56-66)74-93-65(6)92-73(98-74)106(48-43-46-91-72-96-77(110(52-40-35-4)69-61-85(19,20)104(30)86(21,22)62-69)100-78(97-72)111(53-41-36-5)70-63-87(23,24)105(31)88(25,26)64-70)54-47-89-44-42-45-90-71-94-75(108(50-38-33-2)67-57-81(11,12)102(28)82(13,14)58-67)99-76(95-71)109(51-39-34-3)68-59-83(15,16)103(29)84(17,18)60-68;/h66-70H,32-64H2,1-31H3,(H,90,94,95,99)(H,91,96,97,100);/q-1;. The molecule has 24 heteroatoms. The van der Waals surface area contributed by atoms with Crippen LogP contribution in [0, 0.1) is 6.92 Å². The van der Waals surface area contributed by atoms with Crippen LogP contribution < -0.4 is 40.0 Å². The van der Waals surface area contributed by atoms with E-state index in [1.807, 2.05) is 6.92 Å². The van der Waals surface area contributed by atoms with Crippen LogP contribution in [0.25, 0.3) is 5.32 Å². The van der Waals surface area contributed by atoms with Crippen molar-refractivity contribution in [1.29, 1.82) is 0 Å². The summed E-state index contributed by atoms with van der Waals surface area (Å²) in [6.07, 6.45) is 22.6. The fourth-order valence-electron chi connectivity index (χ4n) is 20.1. The van der Waals surface area contributed by atoms with Gasteiger partial charge in [0.05, 0.1) is 0 Å². The molecule has 23 nitrogen and oxygen atoms in total. The third-order valence-electron chi connectivity index (χ3n) is 28.1. The van der Waals surface area contributed by atoms with Crippen LogP contribution in [-0.4, -0.2) is 262 Å². The van der Waals surface area contributed by atoms with E-state index in [0.717, 1.165) is 210 Å². The first-order valence-corrected chi connectivity index (χ1v) is 44.3. The minimum atomic E-state index is -0.0152. The van der Waals surface area contributed by atoms with Crippen molar-refractivity contribution in [3.05, 3.63) is 11.1 Å². The van der Waals surface area contributed by atoms with E-state index in [1.54, 1.807) is 0 Å². The maximum atomic E-state index is 5.68. The zero-order valence-corrected chi connectivity index (χ0v) is 80.5. The summed E-state index contributed by atoms with van der Waals surface area (Å²) in [4.78, 5) is 77.5. The molecule has 8 rings (SSSR count). The molecule has 3 aromatic rings. The predicted molar refractivity (Wildman–Crippen MR) is 472 cm³/mol. The van der Waals surface area contributed by atoms with Crippen molar-refractivity contribution in [3.63, 3.8) is 0 Å². The number of anilines is 8. The number of unbranched alkanes of at least 4 members (excludes halogenated alkanes) is 5. The Morgan fingerprint density at radius 1 is 0.295 bits per heavy atom. The van der Waals surface area contributed by atoms with Gasteiger partial charge in [-0.05, 0) is 283 Å². The van der Waals surface area contributed by atoms with E-state index in [0.29, 0.717) is 57.1 Å². The molecule has 3 aromatic heterocycles. The van der Waals surface area contributed by atoms with Gasteiger partial charge in [-0.25, -0.2) is 0 Å². The molecular formula is C88H166N23Y-. The van der Waals surface area contributed by atoms with E-state index < -0.39 is 0 Å². The van der Waals surface area contributed by atoms with E-state index in [9.17, 15) is 0 Å². The maximum absolute atomic E-state index is 5.68. The van der Waals surface area contributed by atoms with Crippen molar-refractivity contribution < 1.29 is 32.7 Å². The third kappa shape index (κ3) is 23.6. The van der Waals surface area contributed by atoms with Crippen molar-refractivity contribution in [2.75, 3.05) is 147 Å². The number of rotatable bonds is 39. The number of aryl methyl sites for hydroxylation is 1. The zero-order chi connectivity index (χ0) is 82.3.